The fourth-order valence-electron chi connectivity index (χ4n) is 2.11. The van der Waals surface area contributed by atoms with Crippen LogP contribution >= 0.6 is 0 Å². The summed E-state index contributed by atoms with van der Waals surface area (Å²) in [5.74, 6) is -0.177. The fourth-order valence-corrected chi connectivity index (χ4v) is 2.11. The van der Waals surface area contributed by atoms with Crippen LogP contribution in [0, 0.1) is 5.41 Å². The molecular formula is C14H18F3NO. The highest BCUT2D eigenvalue weighted by atomic mass is 19.4. The molecule has 106 valence electrons. The molecule has 1 fully saturated rings. The Bertz CT molecular complexity index is 410. The van der Waals surface area contributed by atoms with Gasteiger partial charge in [-0.25, -0.2) is 0 Å². The van der Waals surface area contributed by atoms with E-state index in [0.29, 0.717) is 12.0 Å². The minimum atomic E-state index is -4.63. The van der Waals surface area contributed by atoms with E-state index in [1.807, 2.05) is 0 Å². The third kappa shape index (κ3) is 4.42. The Morgan fingerprint density at radius 1 is 1.21 bits per heavy atom. The van der Waals surface area contributed by atoms with Crippen LogP contribution < -0.4 is 10.1 Å². The summed E-state index contributed by atoms with van der Waals surface area (Å²) in [6, 6.07) is 5.99. The molecule has 19 heavy (non-hydrogen) atoms. The zero-order valence-electron chi connectivity index (χ0n) is 10.9. The topological polar surface area (TPSA) is 21.3 Å². The Hall–Kier alpha value is -1.23. The van der Waals surface area contributed by atoms with Crippen LogP contribution in [0.25, 0.3) is 0 Å². The van der Waals surface area contributed by atoms with Gasteiger partial charge in [-0.05, 0) is 42.4 Å². The van der Waals surface area contributed by atoms with Crippen molar-refractivity contribution in [2.24, 2.45) is 5.41 Å². The first-order valence-electron chi connectivity index (χ1n) is 6.48. The summed E-state index contributed by atoms with van der Waals surface area (Å²) in [5, 5.41) is 3.36. The predicted molar refractivity (Wildman–Crippen MR) is 66.8 cm³/mol. The minimum absolute atomic E-state index is 0.177. The molecule has 1 saturated carbocycles. The molecule has 2 rings (SSSR count). The van der Waals surface area contributed by atoms with E-state index in [1.54, 1.807) is 12.1 Å². The summed E-state index contributed by atoms with van der Waals surface area (Å²) >= 11 is 0. The lowest BCUT2D eigenvalue weighted by molar-refractivity contribution is -0.274. The first-order valence-corrected chi connectivity index (χ1v) is 6.48. The van der Waals surface area contributed by atoms with Gasteiger partial charge in [-0.15, -0.1) is 13.2 Å². The highest BCUT2D eigenvalue weighted by Crippen LogP contribution is 2.47. The average molecular weight is 273 g/mol. The van der Waals surface area contributed by atoms with E-state index >= 15 is 0 Å². The zero-order valence-corrected chi connectivity index (χ0v) is 10.9. The van der Waals surface area contributed by atoms with Crippen LogP contribution in [0.3, 0.4) is 0 Å². The lowest BCUT2D eigenvalue weighted by atomic mass is 10.0. The normalized spacial score (nSPS) is 17.3. The maximum Gasteiger partial charge on any atom is 0.573 e. The molecule has 0 aliphatic heterocycles. The van der Waals surface area contributed by atoms with Crippen molar-refractivity contribution in [1.82, 2.24) is 5.32 Å². The summed E-state index contributed by atoms with van der Waals surface area (Å²) in [6.45, 7) is 3.84. The summed E-state index contributed by atoms with van der Waals surface area (Å²) in [5.41, 5.74) is 1.43. The molecule has 0 radical (unpaired) electrons. The van der Waals surface area contributed by atoms with E-state index in [9.17, 15) is 13.2 Å². The molecule has 0 aromatic heterocycles. The van der Waals surface area contributed by atoms with Crippen LogP contribution in [0.5, 0.6) is 5.75 Å². The van der Waals surface area contributed by atoms with Gasteiger partial charge in [0.05, 0.1) is 0 Å². The lowest BCUT2D eigenvalue weighted by Crippen LogP contribution is -2.23. The van der Waals surface area contributed by atoms with Gasteiger partial charge >= 0.3 is 6.36 Å². The second-order valence-corrected chi connectivity index (χ2v) is 5.15. The minimum Gasteiger partial charge on any atom is -0.406 e. The fraction of sp³-hybridized carbons (Fsp3) is 0.571. The van der Waals surface area contributed by atoms with Crippen molar-refractivity contribution >= 4 is 0 Å². The molecule has 0 heterocycles. The molecule has 1 aliphatic rings. The summed E-state index contributed by atoms with van der Waals surface area (Å²) in [6.07, 6.45) is -0.901. The largest absolute Gasteiger partial charge is 0.573 e. The standard InChI is InChI=1S/C14H18F3NO/c1-2-13(7-8-13)10-18-9-11-3-5-12(6-4-11)19-14(15,16)17/h3-6,18H,2,7-10H2,1H3. The molecule has 1 aromatic carbocycles. The second kappa shape index (κ2) is 5.41. The van der Waals surface area contributed by atoms with Gasteiger partial charge in [0, 0.05) is 13.1 Å². The Labute approximate surface area is 111 Å². The van der Waals surface area contributed by atoms with Crippen molar-refractivity contribution in [3.05, 3.63) is 29.8 Å². The van der Waals surface area contributed by atoms with Crippen LogP contribution in [0.1, 0.15) is 31.7 Å². The Kier molecular flexibility index (Phi) is 4.04. The van der Waals surface area contributed by atoms with E-state index in [1.165, 1.54) is 31.4 Å². The number of rotatable bonds is 6. The molecule has 0 unspecified atom stereocenters. The maximum atomic E-state index is 12.0. The van der Waals surface area contributed by atoms with Crippen molar-refractivity contribution in [3.8, 4) is 5.75 Å². The first-order chi connectivity index (χ1) is 8.92. The van der Waals surface area contributed by atoms with E-state index in [-0.39, 0.29) is 5.75 Å². The van der Waals surface area contributed by atoms with Crippen molar-refractivity contribution in [2.75, 3.05) is 6.54 Å². The SMILES string of the molecule is CCC1(CNCc2ccc(OC(F)(F)F)cc2)CC1. The molecule has 1 aromatic rings. The Morgan fingerprint density at radius 3 is 2.32 bits per heavy atom. The predicted octanol–water partition coefficient (Wildman–Crippen LogP) is 3.87. The number of hydrogen-bond donors (Lipinski definition) is 1. The highest BCUT2D eigenvalue weighted by Gasteiger charge is 2.39. The van der Waals surface area contributed by atoms with E-state index in [2.05, 4.69) is 17.0 Å². The molecular weight excluding hydrogens is 255 g/mol. The van der Waals surface area contributed by atoms with Gasteiger partial charge in [0.15, 0.2) is 0 Å². The number of halogens is 3. The summed E-state index contributed by atoms with van der Waals surface area (Å²) in [4.78, 5) is 0. The van der Waals surface area contributed by atoms with Crippen molar-refractivity contribution < 1.29 is 17.9 Å². The zero-order chi connectivity index (χ0) is 13.9. The van der Waals surface area contributed by atoms with Crippen LogP contribution in [-0.4, -0.2) is 12.9 Å². The number of ether oxygens (including phenoxy) is 1. The number of alkyl halides is 3. The van der Waals surface area contributed by atoms with E-state index in [4.69, 9.17) is 0 Å². The second-order valence-electron chi connectivity index (χ2n) is 5.15. The maximum absolute atomic E-state index is 12.0. The van der Waals surface area contributed by atoms with Gasteiger partial charge in [-0.3, -0.25) is 0 Å². The molecule has 0 bridgehead atoms. The monoisotopic (exact) mass is 273 g/mol. The van der Waals surface area contributed by atoms with Gasteiger partial charge in [0.25, 0.3) is 0 Å². The third-order valence-corrected chi connectivity index (χ3v) is 3.69. The summed E-state index contributed by atoms with van der Waals surface area (Å²) < 4.78 is 39.8. The van der Waals surface area contributed by atoms with Gasteiger partial charge < -0.3 is 10.1 Å². The van der Waals surface area contributed by atoms with Gasteiger partial charge in [0.2, 0.25) is 0 Å². The smallest absolute Gasteiger partial charge is 0.406 e. The average Bonchev–Trinajstić information content (AvgIpc) is 3.10. The van der Waals surface area contributed by atoms with Crippen LogP contribution in [-0.2, 0) is 6.54 Å². The van der Waals surface area contributed by atoms with Crippen molar-refractivity contribution in [1.29, 1.82) is 0 Å². The van der Waals surface area contributed by atoms with E-state index in [0.717, 1.165) is 12.1 Å². The molecule has 0 atom stereocenters. The molecule has 0 saturated heterocycles. The van der Waals surface area contributed by atoms with Crippen LogP contribution in [0.2, 0.25) is 0 Å². The van der Waals surface area contributed by atoms with Gasteiger partial charge in [0.1, 0.15) is 5.75 Å². The van der Waals surface area contributed by atoms with Crippen LogP contribution in [0.15, 0.2) is 24.3 Å². The Morgan fingerprint density at radius 2 is 1.84 bits per heavy atom. The van der Waals surface area contributed by atoms with E-state index < -0.39 is 6.36 Å². The molecule has 5 heteroatoms. The van der Waals surface area contributed by atoms with Crippen molar-refractivity contribution in [3.63, 3.8) is 0 Å². The lowest BCUT2D eigenvalue weighted by Gasteiger charge is -2.13. The highest BCUT2D eigenvalue weighted by molar-refractivity contribution is 5.27. The number of hydrogen-bond acceptors (Lipinski definition) is 2. The van der Waals surface area contributed by atoms with Crippen molar-refractivity contribution in [2.45, 2.75) is 39.1 Å². The first kappa shape index (κ1) is 14.2. The Balaban J connectivity index is 1.79. The molecule has 1 N–H and O–H groups in total. The third-order valence-electron chi connectivity index (χ3n) is 3.69. The molecule has 0 spiro atoms. The number of nitrogens with one attached hydrogen (secondary N) is 1. The summed E-state index contributed by atoms with van der Waals surface area (Å²) in [7, 11) is 0. The number of benzene rings is 1. The molecule has 1 aliphatic carbocycles. The van der Waals surface area contributed by atoms with Gasteiger partial charge in [-0.1, -0.05) is 19.1 Å². The molecule has 0 amide bonds. The van der Waals surface area contributed by atoms with Gasteiger partial charge in [-0.2, -0.15) is 0 Å². The van der Waals surface area contributed by atoms with Crippen LogP contribution in [0.4, 0.5) is 13.2 Å². The quantitative estimate of drug-likeness (QED) is 0.849. The molecule has 2 nitrogen and oxygen atoms in total.